The summed E-state index contributed by atoms with van der Waals surface area (Å²) in [5, 5.41) is 2.63. The predicted octanol–water partition coefficient (Wildman–Crippen LogP) is 3.08. The van der Waals surface area contributed by atoms with Gasteiger partial charge in [-0.05, 0) is 6.07 Å². The second kappa shape index (κ2) is 7.91. The molecule has 0 radical (unpaired) electrons. The summed E-state index contributed by atoms with van der Waals surface area (Å²) in [6.07, 6.45) is 0. The lowest BCUT2D eigenvalue weighted by Crippen LogP contribution is -2.63. The van der Waals surface area contributed by atoms with Crippen LogP contribution in [0.3, 0.4) is 0 Å². The van der Waals surface area contributed by atoms with Crippen molar-refractivity contribution >= 4 is 76.3 Å². The molecule has 15 heteroatoms. The fraction of sp³-hybridized carbons (Fsp3) is 0.261. The van der Waals surface area contributed by atoms with E-state index in [2.05, 4.69) is 15.3 Å². The van der Waals surface area contributed by atoms with E-state index in [1.807, 2.05) is 0 Å². The first-order valence-corrected chi connectivity index (χ1v) is 14.3. The summed E-state index contributed by atoms with van der Waals surface area (Å²) in [5.74, 6) is -3.78. The third-order valence-electron chi connectivity index (χ3n) is 7.16. The van der Waals surface area contributed by atoms with Crippen LogP contribution >= 0.6 is 22.9 Å². The Bertz CT molecular complexity index is 1870. The molecule has 0 unspecified atom stereocenters. The number of nitrogens with zero attached hydrogens (tertiary/aromatic N) is 4. The van der Waals surface area contributed by atoms with Crippen molar-refractivity contribution in [3.05, 3.63) is 34.6 Å². The molecule has 3 N–H and O–H groups in total. The van der Waals surface area contributed by atoms with Gasteiger partial charge in [0.15, 0.2) is 25.8 Å². The molecule has 1 fully saturated rings. The molecule has 5 heterocycles. The number of hydrogen-bond acceptors (Lipinski definition) is 9. The molecule has 1 saturated heterocycles. The number of nitrogen functional groups attached to an aromatic ring is 1. The summed E-state index contributed by atoms with van der Waals surface area (Å²) in [6.45, 7) is 1.12. The summed E-state index contributed by atoms with van der Waals surface area (Å²) in [6, 6.07) is 1.33. The molecule has 4 aromatic rings. The largest absolute Gasteiger partial charge is 0.375 e. The summed E-state index contributed by atoms with van der Waals surface area (Å²) in [5.41, 5.74) is 4.72. The van der Waals surface area contributed by atoms with Crippen LogP contribution in [0.1, 0.15) is 0 Å². The maximum atomic E-state index is 16.4. The Morgan fingerprint density at radius 3 is 2.66 bits per heavy atom. The van der Waals surface area contributed by atoms with E-state index in [1.54, 1.807) is 4.90 Å². The second-order valence-corrected chi connectivity index (χ2v) is 12.7. The van der Waals surface area contributed by atoms with Gasteiger partial charge in [0, 0.05) is 48.8 Å². The van der Waals surface area contributed by atoms with Gasteiger partial charge in [0.1, 0.15) is 28.9 Å². The Kier molecular flexibility index (Phi) is 4.97. The van der Waals surface area contributed by atoms with Crippen molar-refractivity contribution in [1.29, 1.82) is 0 Å². The molecule has 2 aromatic heterocycles. The quantitative estimate of drug-likeness (QED) is 0.352. The van der Waals surface area contributed by atoms with Gasteiger partial charge in [-0.25, -0.2) is 31.6 Å². The van der Waals surface area contributed by atoms with E-state index in [-0.39, 0.29) is 55.2 Å². The van der Waals surface area contributed by atoms with Crippen LogP contribution < -0.4 is 20.9 Å². The minimum Gasteiger partial charge on any atom is -0.375 e. The summed E-state index contributed by atoms with van der Waals surface area (Å²) < 4.78 is 72.2. The van der Waals surface area contributed by atoms with E-state index in [9.17, 15) is 17.6 Å². The summed E-state index contributed by atoms with van der Waals surface area (Å²) in [7, 11) is -3.97. The lowest BCUT2D eigenvalue weighted by atomic mass is 9.97. The highest BCUT2D eigenvalue weighted by Gasteiger charge is 2.47. The van der Waals surface area contributed by atoms with Crippen LogP contribution in [-0.2, 0) is 14.6 Å². The molecule has 38 heavy (non-hydrogen) atoms. The number of piperazine rings is 1. The zero-order valence-corrected chi connectivity index (χ0v) is 21.6. The number of hydrogen-bond donors (Lipinski definition) is 2. The number of halogens is 4. The standard InChI is InChI=1S/C23H16ClF3N6O3S2/c24-9-5-8-16(15(27)13(9)14-10(25)6-11(26)20-17(14)31-23(28)37-20)30-21-19-18(8)32-2-1-29-7-12(32)22(34)33(19)3-4-38(21,35)36/h5-6,12,29H,1-4,7H2,(H2,28,31)/t12-/m1/s1. The number of carbonyl (C=O) groups is 1. The monoisotopic (exact) mass is 580 g/mol. The summed E-state index contributed by atoms with van der Waals surface area (Å²) >= 11 is 7.35. The van der Waals surface area contributed by atoms with E-state index >= 15 is 8.78 Å². The lowest BCUT2D eigenvalue weighted by Gasteiger charge is -2.47. The summed E-state index contributed by atoms with van der Waals surface area (Å²) in [4.78, 5) is 24.6. The van der Waals surface area contributed by atoms with Gasteiger partial charge in [-0.3, -0.25) is 4.79 Å². The van der Waals surface area contributed by atoms with E-state index < -0.39 is 49.5 Å². The number of fused-ring (bicyclic) bond motifs is 5. The first-order chi connectivity index (χ1) is 18.1. The molecule has 0 spiro atoms. The number of aromatic nitrogens is 2. The number of nitrogens with two attached hydrogens (primary N) is 1. The molecule has 9 nitrogen and oxygen atoms in total. The number of rotatable bonds is 1. The van der Waals surface area contributed by atoms with Crippen molar-refractivity contribution < 1.29 is 26.4 Å². The number of benzene rings is 2. The molecule has 196 valence electrons. The molecule has 3 aliphatic rings. The maximum Gasteiger partial charge on any atom is 0.251 e. The Morgan fingerprint density at radius 2 is 1.87 bits per heavy atom. The molecule has 7 rings (SSSR count). The molecule has 0 aliphatic carbocycles. The van der Waals surface area contributed by atoms with Gasteiger partial charge in [-0.1, -0.05) is 22.9 Å². The molecular formula is C23H16ClF3N6O3S2. The van der Waals surface area contributed by atoms with Gasteiger partial charge in [0.25, 0.3) is 5.91 Å². The second-order valence-electron chi connectivity index (χ2n) is 9.22. The molecule has 0 saturated carbocycles. The Morgan fingerprint density at radius 1 is 1.08 bits per heavy atom. The number of pyridine rings is 1. The van der Waals surface area contributed by atoms with E-state index in [1.165, 1.54) is 11.0 Å². The minimum absolute atomic E-state index is 0.0553. The first kappa shape index (κ1) is 23.9. The highest BCUT2D eigenvalue weighted by molar-refractivity contribution is 7.91. The first-order valence-electron chi connectivity index (χ1n) is 11.5. The molecular weight excluding hydrogens is 565 g/mol. The number of nitrogens with one attached hydrogen (secondary N) is 1. The van der Waals surface area contributed by atoms with Crippen molar-refractivity contribution in [3.8, 4) is 11.1 Å². The predicted molar refractivity (Wildman–Crippen MR) is 138 cm³/mol. The Hall–Kier alpha value is -3.20. The van der Waals surface area contributed by atoms with Crippen molar-refractivity contribution in [1.82, 2.24) is 15.3 Å². The van der Waals surface area contributed by atoms with E-state index in [0.29, 0.717) is 31.4 Å². The molecule has 1 amide bonds. The lowest BCUT2D eigenvalue weighted by molar-refractivity contribution is -0.120. The number of carbonyl (C=O) groups excluding carboxylic acids is 1. The van der Waals surface area contributed by atoms with E-state index in [4.69, 9.17) is 17.3 Å². The van der Waals surface area contributed by atoms with Gasteiger partial charge >= 0.3 is 0 Å². The van der Waals surface area contributed by atoms with Gasteiger partial charge in [-0.2, -0.15) is 0 Å². The maximum absolute atomic E-state index is 16.4. The van der Waals surface area contributed by atoms with Gasteiger partial charge in [0.2, 0.25) is 0 Å². The fourth-order valence-corrected chi connectivity index (χ4v) is 7.92. The van der Waals surface area contributed by atoms with E-state index in [0.717, 1.165) is 11.3 Å². The van der Waals surface area contributed by atoms with Gasteiger partial charge < -0.3 is 20.9 Å². The number of anilines is 3. The van der Waals surface area contributed by atoms with Crippen molar-refractivity contribution in [2.45, 2.75) is 11.1 Å². The highest BCUT2D eigenvalue weighted by Crippen LogP contribution is 2.50. The average Bonchev–Trinajstić information content (AvgIpc) is 3.26. The SMILES string of the molecule is Nc1nc2c(-c3c(Cl)cc4c5c6c(nc4c3F)S(=O)(=O)CCN6C(=O)[C@H]3CNCCN53)c(F)cc(F)c2s1. The van der Waals surface area contributed by atoms with Gasteiger partial charge in [-0.15, -0.1) is 0 Å². The minimum atomic E-state index is -3.97. The number of thiazole rings is 1. The third kappa shape index (κ3) is 3.08. The van der Waals surface area contributed by atoms with Crippen LogP contribution in [0.5, 0.6) is 0 Å². The molecule has 1 atom stereocenters. The normalized spacial score (nSPS) is 20.2. The average molecular weight is 581 g/mol. The van der Waals surface area contributed by atoms with Crippen LogP contribution in [0.2, 0.25) is 5.02 Å². The zero-order chi connectivity index (χ0) is 26.7. The fourth-order valence-electron chi connectivity index (χ4n) is 5.54. The van der Waals surface area contributed by atoms with Crippen LogP contribution in [0.25, 0.3) is 32.2 Å². The smallest absolute Gasteiger partial charge is 0.251 e. The molecule has 2 aromatic carbocycles. The van der Waals surface area contributed by atoms with Crippen molar-refractivity contribution in [3.63, 3.8) is 0 Å². The number of amides is 1. The molecule has 3 aliphatic heterocycles. The van der Waals surface area contributed by atoms with Crippen LogP contribution in [0.15, 0.2) is 17.2 Å². The zero-order valence-electron chi connectivity index (χ0n) is 19.2. The van der Waals surface area contributed by atoms with Crippen LogP contribution in [0, 0.1) is 17.5 Å². The van der Waals surface area contributed by atoms with Crippen LogP contribution in [0.4, 0.5) is 29.7 Å². The van der Waals surface area contributed by atoms with Crippen LogP contribution in [-0.4, -0.2) is 62.3 Å². The Balaban J connectivity index is 1.61. The van der Waals surface area contributed by atoms with Crippen molar-refractivity contribution in [2.24, 2.45) is 0 Å². The third-order valence-corrected chi connectivity index (χ3v) is 9.94. The van der Waals surface area contributed by atoms with Gasteiger partial charge in [0.05, 0.1) is 26.7 Å². The highest BCUT2D eigenvalue weighted by atomic mass is 35.5. The number of sulfone groups is 1. The Labute approximate surface area is 221 Å². The topological polar surface area (TPSA) is 122 Å². The molecule has 0 bridgehead atoms. The van der Waals surface area contributed by atoms with Crippen molar-refractivity contribution in [2.75, 3.05) is 47.5 Å².